The highest BCUT2D eigenvalue weighted by Gasteiger charge is 2.37. The van der Waals surface area contributed by atoms with Gasteiger partial charge in [0.15, 0.2) is 0 Å². The summed E-state index contributed by atoms with van der Waals surface area (Å²) >= 11 is 0. The third-order valence-electron chi connectivity index (χ3n) is 2.79. The normalized spacial score (nSPS) is 12.6. The molecule has 1 aromatic carbocycles. The van der Waals surface area contributed by atoms with E-state index in [4.69, 9.17) is 5.73 Å². The molecule has 0 aromatic heterocycles. The molecule has 1 atom stereocenters. The molecule has 0 saturated carbocycles. The molecule has 0 saturated heterocycles. The van der Waals surface area contributed by atoms with E-state index in [9.17, 15) is 13.6 Å². The third-order valence-corrected chi connectivity index (χ3v) is 2.79. The van der Waals surface area contributed by atoms with E-state index in [2.05, 4.69) is 4.74 Å². The highest BCUT2D eigenvalue weighted by atomic mass is 35.5. The van der Waals surface area contributed by atoms with Crippen LogP contribution in [0.2, 0.25) is 0 Å². The first-order chi connectivity index (χ1) is 7.80. The van der Waals surface area contributed by atoms with Crippen LogP contribution in [0.1, 0.15) is 25.5 Å². The Hall–Kier alpha value is -1.20. The molecule has 0 bridgehead atoms. The number of rotatable bonds is 3. The van der Waals surface area contributed by atoms with Gasteiger partial charge in [0.05, 0.1) is 12.5 Å². The van der Waals surface area contributed by atoms with E-state index in [0.717, 1.165) is 12.1 Å². The lowest BCUT2D eigenvalue weighted by Gasteiger charge is -2.29. The zero-order valence-corrected chi connectivity index (χ0v) is 11.2. The molecule has 0 aliphatic carbocycles. The lowest BCUT2D eigenvalue weighted by molar-refractivity contribution is -0.152. The van der Waals surface area contributed by atoms with Gasteiger partial charge in [0.2, 0.25) is 0 Å². The molecule has 1 rings (SSSR count). The fourth-order valence-corrected chi connectivity index (χ4v) is 1.53. The van der Waals surface area contributed by atoms with E-state index in [1.54, 1.807) is 13.8 Å². The first-order valence-corrected chi connectivity index (χ1v) is 5.09. The fraction of sp³-hybridized carbons (Fsp3) is 0.417. The molecular weight excluding hydrogens is 264 g/mol. The van der Waals surface area contributed by atoms with Crippen LogP contribution in [0.4, 0.5) is 8.78 Å². The predicted molar refractivity (Wildman–Crippen MR) is 66.3 cm³/mol. The number of methoxy groups -OCH3 is 1. The number of nitrogens with two attached hydrogens (primary N) is 1. The van der Waals surface area contributed by atoms with Crippen LogP contribution in [0.25, 0.3) is 0 Å². The van der Waals surface area contributed by atoms with Gasteiger partial charge in [-0.1, -0.05) is 6.07 Å². The molecule has 0 amide bonds. The van der Waals surface area contributed by atoms with Gasteiger partial charge < -0.3 is 10.5 Å². The molecule has 1 aromatic rings. The summed E-state index contributed by atoms with van der Waals surface area (Å²) in [5.41, 5.74) is 4.83. The van der Waals surface area contributed by atoms with Crippen molar-refractivity contribution in [3.05, 3.63) is 35.4 Å². The molecule has 0 unspecified atom stereocenters. The van der Waals surface area contributed by atoms with Crippen molar-refractivity contribution in [2.75, 3.05) is 7.11 Å². The van der Waals surface area contributed by atoms with Crippen LogP contribution in [0.3, 0.4) is 0 Å². The Bertz CT molecular complexity index is 438. The van der Waals surface area contributed by atoms with Crippen molar-refractivity contribution in [1.82, 2.24) is 0 Å². The summed E-state index contributed by atoms with van der Waals surface area (Å²) in [7, 11) is 1.23. The molecule has 102 valence electrons. The Kier molecular flexibility index (Phi) is 5.70. The second-order valence-corrected chi connectivity index (χ2v) is 4.36. The zero-order chi connectivity index (χ0) is 13.2. The minimum absolute atomic E-state index is 0. The maximum Gasteiger partial charge on any atom is 0.313 e. The van der Waals surface area contributed by atoms with Crippen molar-refractivity contribution in [2.45, 2.75) is 19.9 Å². The lowest BCUT2D eigenvalue weighted by Crippen LogP contribution is -2.37. The van der Waals surface area contributed by atoms with Crippen molar-refractivity contribution >= 4 is 18.4 Å². The zero-order valence-electron chi connectivity index (χ0n) is 10.4. The predicted octanol–water partition coefficient (Wildman–Crippen LogP) is 2.59. The van der Waals surface area contributed by atoms with Crippen LogP contribution in [0.5, 0.6) is 0 Å². The highest BCUT2D eigenvalue weighted by Crippen LogP contribution is 2.33. The second-order valence-electron chi connectivity index (χ2n) is 4.36. The lowest BCUT2D eigenvalue weighted by atomic mass is 9.81. The summed E-state index contributed by atoms with van der Waals surface area (Å²) in [5.74, 6) is -2.00. The van der Waals surface area contributed by atoms with Gasteiger partial charge in [-0.05, 0) is 19.9 Å². The van der Waals surface area contributed by atoms with Crippen molar-refractivity contribution in [1.29, 1.82) is 0 Å². The number of hydrogen-bond acceptors (Lipinski definition) is 3. The molecule has 0 radical (unpaired) electrons. The Labute approximate surface area is 111 Å². The summed E-state index contributed by atoms with van der Waals surface area (Å²) in [6, 6.07) is 2.17. The number of ether oxygens (including phenoxy) is 1. The number of hydrogen-bond donors (Lipinski definition) is 1. The second kappa shape index (κ2) is 6.11. The van der Waals surface area contributed by atoms with Gasteiger partial charge in [0.1, 0.15) is 11.6 Å². The average Bonchev–Trinajstić information content (AvgIpc) is 2.27. The van der Waals surface area contributed by atoms with Crippen LogP contribution in [-0.4, -0.2) is 13.1 Å². The van der Waals surface area contributed by atoms with Crippen molar-refractivity contribution in [3.63, 3.8) is 0 Å². The van der Waals surface area contributed by atoms with E-state index in [1.807, 2.05) is 0 Å². The first kappa shape index (κ1) is 16.8. The van der Waals surface area contributed by atoms with E-state index in [1.165, 1.54) is 13.2 Å². The molecule has 6 heteroatoms. The molecular formula is C12H16ClF2NO2. The molecule has 0 aliphatic rings. The molecule has 0 heterocycles. The van der Waals surface area contributed by atoms with E-state index in [-0.39, 0.29) is 18.0 Å². The minimum Gasteiger partial charge on any atom is -0.469 e. The van der Waals surface area contributed by atoms with Crippen molar-refractivity contribution < 1.29 is 18.3 Å². The standard InChI is InChI=1S/C12H15F2NO2.ClH/c1-12(2,11(16)17-3)10(15)8-5-4-7(13)6-9(8)14;/h4-6,10H,15H2,1-3H3;1H/t10-;/m0./s1. The highest BCUT2D eigenvalue weighted by molar-refractivity contribution is 5.85. The molecule has 18 heavy (non-hydrogen) atoms. The van der Waals surface area contributed by atoms with E-state index < -0.39 is 29.1 Å². The van der Waals surface area contributed by atoms with Crippen LogP contribution in [-0.2, 0) is 9.53 Å². The number of halogens is 3. The Morgan fingerprint density at radius 1 is 1.39 bits per heavy atom. The van der Waals surface area contributed by atoms with Gasteiger partial charge in [-0.15, -0.1) is 12.4 Å². The Morgan fingerprint density at radius 2 is 1.94 bits per heavy atom. The summed E-state index contributed by atoms with van der Waals surface area (Å²) in [6.07, 6.45) is 0. The Balaban J connectivity index is 0.00000289. The van der Waals surface area contributed by atoms with Gasteiger partial charge in [-0.25, -0.2) is 8.78 Å². The smallest absolute Gasteiger partial charge is 0.313 e. The van der Waals surface area contributed by atoms with Crippen LogP contribution >= 0.6 is 12.4 Å². The monoisotopic (exact) mass is 279 g/mol. The van der Waals surface area contributed by atoms with Gasteiger partial charge in [-0.3, -0.25) is 4.79 Å². The SMILES string of the molecule is COC(=O)C(C)(C)[C@@H](N)c1ccc(F)cc1F.Cl. The number of carbonyl (C=O) groups is 1. The maximum atomic E-state index is 13.5. The van der Waals surface area contributed by atoms with Gasteiger partial charge in [-0.2, -0.15) is 0 Å². The average molecular weight is 280 g/mol. The van der Waals surface area contributed by atoms with Gasteiger partial charge in [0, 0.05) is 17.7 Å². The number of carbonyl (C=O) groups excluding carboxylic acids is 1. The topological polar surface area (TPSA) is 52.3 Å². The quantitative estimate of drug-likeness (QED) is 0.865. The molecule has 2 N–H and O–H groups in total. The summed E-state index contributed by atoms with van der Waals surface area (Å²) in [4.78, 5) is 11.5. The largest absolute Gasteiger partial charge is 0.469 e. The molecule has 0 spiro atoms. The third kappa shape index (κ3) is 3.17. The first-order valence-electron chi connectivity index (χ1n) is 5.09. The number of benzene rings is 1. The Morgan fingerprint density at radius 3 is 2.39 bits per heavy atom. The fourth-order valence-electron chi connectivity index (χ4n) is 1.53. The summed E-state index contributed by atoms with van der Waals surface area (Å²) < 4.78 is 30.9. The van der Waals surface area contributed by atoms with Gasteiger partial charge >= 0.3 is 5.97 Å². The summed E-state index contributed by atoms with van der Waals surface area (Å²) in [6.45, 7) is 3.10. The van der Waals surface area contributed by atoms with Crippen molar-refractivity contribution in [3.8, 4) is 0 Å². The maximum absolute atomic E-state index is 13.5. The van der Waals surface area contributed by atoms with Crippen LogP contribution in [0.15, 0.2) is 18.2 Å². The minimum atomic E-state index is -1.09. The van der Waals surface area contributed by atoms with Crippen LogP contribution in [0, 0.1) is 17.0 Å². The summed E-state index contributed by atoms with van der Waals surface area (Å²) in [5, 5.41) is 0. The van der Waals surface area contributed by atoms with E-state index >= 15 is 0 Å². The molecule has 0 fully saturated rings. The van der Waals surface area contributed by atoms with Crippen LogP contribution < -0.4 is 5.73 Å². The van der Waals surface area contributed by atoms with Crippen molar-refractivity contribution in [2.24, 2.45) is 11.1 Å². The van der Waals surface area contributed by atoms with E-state index in [0.29, 0.717) is 0 Å². The molecule has 0 aliphatic heterocycles. The molecule has 3 nitrogen and oxygen atoms in total. The number of esters is 1. The van der Waals surface area contributed by atoms with Gasteiger partial charge in [0.25, 0.3) is 0 Å².